The first kappa shape index (κ1) is 27.3. The van der Waals surface area contributed by atoms with Gasteiger partial charge in [0.15, 0.2) is 17.5 Å². The van der Waals surface area contributed by atoms with Gasteiger partial charge in [-0.1, -0.05) is 36.4 Å². The van der Waals surface area contributed by atoms with Crippen molar-refractivity contribution < 1.29 is 0 Å². The van der Waals surface area contributed by atoms with E-state index in [2.05, 4.69) is 48.5 Å². The minimum Gasteiger partial charge on any atom is -0.208 e. The summed E-state index contributed by atoms with van der Waals surface area (Å²) in [6, 6.07) is 28.0. The maximum Gasteiger partial charge on any atom is 0.164 e. The molecule has 0 atom stereocenters. The van der Waals surface area contributed by atoms with Gasteiger partial charge in [-0.15, -0.1) is 0 Å². The predicted molar refractivity (Wildman–Crippen MR) is 181 cm³/mol. The van der Waals surface area contributed by atoms with Crippen LogP contribution in [0.5, 0.6) is 0 Å². The van der Waals surface area contributed by atoms with Crippen molar-refractivity contribution in [3.8, 4) is 40.2 Å². The van der Waals surface area contributed by atoms with Gasteiger partial charge >= 0.3 is 0 Å². The molecular weight excluding hydrogens is 560 g/mol. The first-order valence-electron chi connectivity index (χ1n) is 18.0. The number of hydrogen-bond donors (Lipinski definition) is 0. The molecule has 46 heavy (non-hydrogen) atoms. The summed E-state index contributed by atoms with van der Waals surface area (Å²) in [6.07, 6.45) is 17.0. The van der Waals surface area contributed by atoms with E-state index >= 15 is 0 Å². The monoisotopic (exact) mass is 602 g/mol. The van der Waals surface area contributed by atoms with E-state index in [1.54, 1.807) is 11.1 Å². The minimum atomic E-state index is 0.313. The number of nitrogens with zero attached hydrogens (tertiary/aromatic N) is 4. The van der Waals surface area contributed by atoms with Gasteiger partial charge in [0.2, 0.25) is 0 Å². The molecule has 230 valence electrons. The van der Waals surface area contributed by atoms with Crippen LogP contribution in [0.1, 0.15) is 93.7 Å². The summed E-state index contributed by atoms with van der Waals surface area (Å²) >= 11 is 0. The van der Waals surface area contributed by atoms with Crippen LogP contribution in [0.2, 0.25) is 0 Å². The highest BCUT2D eigenvalue weighted by molar-refractivity contribution is 5.68. The zero-order valence-electron chi connectivity index (χ0n) is 26.7. The van der Waals surface area contributed by atoms with Gasteiger partial charge in [-0.2, -0.15) is 5.26 Å². The fraction of sp³-hybridized carbons (Fsp3) is 0.476. The van der Waals surface area contributed by atoms with Gasteiger partial charge in [0, 0.05) is 16.7 Å². The molecule has 8 aliphatic carbocycles. The molecule has 8 fully saturated rings. The highest BCUT2D eigenvalue weighted by atomic mass is 15.0. The normalized spacial score (nSPS) is 34.9. The molecular formula is C42H42N4. The van der Waals surface area contributed by atoms with E-state index in [4.69, 9.17) is 15.0 Å². The van der Waals surface area contributed by atoms with E-state index < -0.39 is 0 Å². The zero-order chi connectivity index (χ0) is 30.5. The van der Waals surface area contributed by atoms with Crippen LogP contribution in [0.3, 0.4) is 0 Å². The number of nitriles is 1. The lowest BCUT2D eigenvalue weighted by atomic mass is 9.46. The average Bonchev–Trinajstić information content (AvgIpc) is 3.07. The Morgan fingerprint density at radius 3 is 1.28 bits per heavy atom. The lowest BCUT2D eigenvalue weighted by Crippen LogP contribution is -2.50. The number of aromatic nitrogens is 3. The average molecular weight is 603 g/mol. The molecule has 0 saturated heterocycles. The van der Waals surface area contributed by atoms with Crippen LogP contribution in [0, 0.1) is 46.8 Å². The van der Waals surface area contributed by atoms with Crippen molar-refractivity contribution in [3.05, 3.63) is 89.5 Å². The predicted octanol–water partition coefficient (Wildman–Crippen LogP) is 9.68. The molecule has 0 radical (unpaired) electrons. The Morgan fingerprint density at radius 2 is 0.870 bits per heavy atom. The summed E-state index contributed by atoms with van der Waals surface area (Å²) in [5.74, 6) is 7.60. The van der Waals surface area contributed by atoms with Gasteiger partial charge in [0.25, 0.3) is 0 Å². The van der Waals surface area contributed by atoms with E-state index in [1.165, 1.54) is 82.6 Å². The summed E-state index contributed by atoms with van der Waals surface area (Å²) in [6.45, 7) is 0. The maximum absolute atomic E-state index is 9.42. The second-order valence-corrected chi connectivity index (χ2v) is 16.6. The van der Waals surface area contributed by atoms with Crippen LogP contribution in [0.15, 0.2) is 72.8 Å². The molecule has 0 aliphatic heterocycles. The Morgan fingerprint density at radius 1 is 0.478 bits per heavy atom. The molecule has 0 N–H and O–H groups in total. The third-order valence-corrected chi connectivity index (χ3v) is 13.4. The Hall–Kier alpha value is -3.84. The fourth-order valence-corrected chi connectivity index (χ4v) is 12.3. The van der Waals surface area contributed by atoms with Gasteiger partial charge in [-0.25, -0.2) is 15.0 Å². The van der Waals surface area contributed by atoms with Crippen molar-refractivity contribution in [1.29, 1.82) is 5.26 Å². The quantitative estimate of drug-likeness (QED) is 0.228. The molecule has 4 nitrogen and oxygen atoms in total. The smallest absolute Gasteiger partial charge is 0.164 e. The van der Waals surface area contributed by atoms with Crippen molar-refractivity contribution in [2.75, 3.05) is 0 Å². The van der Waals surface area contributed by atoms with E-state index in [1.807, 2.05) is 30.3 Å². The first-order valence-corrected chi connectivity index (χ1v) is 18.0. The summed E-state index contributed by atoms with van der Waals surface area (Å²) in [4.78, 5) is 15.5. The van der Waals surface area contributed by atoms with Gasteiger partial charge in [-0.3, -0.25) is 0 Å². The molecule has 0 spiro atoms. The summed E-state index contributed by atoms with van der Waals surface area (Å²) in [5.41, 5.74) is 7.55. The van der Waals surface area contributed by atoms with Crippen LogP contribution in [0.4, 0.5) is 0 Å². The van der Waals surface area contributed by atoms with Crippen molar-refractivity contribution in [3.63, 3.8) is 0 Å². The second-order valence-electron chi connectivity index (χ2n) is 16.6. The third kappa shape index (κ3) is 4.41. The van der Waals surface area contributed by atoms with Crippen LogP contribution in [-0.4, -0.2) is 15.0 Å². The van der Waals surface area contributed by atoms with Gasteiger partial charge in [0.05, 0.1) is 11.6 Å². The van der Waals surface area contributed by atoms with Crippen LogP contribution < -0.4 is 0 Å². The van der Waals surface area contributed by atoms with Gasteiger partial charge < -0.3 is 0 Å². The van der Waals surface area contributed by atoms with Crippen molar-refractivity contribution in [1.82, 2.24) is 15.0 Å². The third-order valence-electron chi connectivity index (χ3n) is 13.4. The lowest BCUT2D eigenvalue weighted by Gasteiger charge is -2.58. The van der Waals surface area contributed by atoms with E-state index in [0.717, 1.165) is 52.5 Å². The zero-order valence-corrected chi connectivity index (χ0v) is 26.7. The maximum atomic E-state index is 9.42. The highest BCUT2D eigenvalue weighted by Crippen LogP contribution is 2.63. The van der Waals surface area contributed by atoms with Crippen molar-refractivity contribution >= 4 is 0 Å². The Bertz CT molecular complexity index is 1730. The standard InChI is InChI=1S/C42H42N4/c43-25-26-6-8-34(9-7-26)39-44-38(33-4-2-1-3-5-33)45-40(46-39)35-16-36(41-19-27-10-28(20-41)12-29(11-27)21-41)18-37(17-35)42-22-30-13-31(23-42)15-32(14-30)24-42/h1-9,16-18,27-32H,10-15,19-24H2. The number of rotatable bonds is 5. The van der Waals surface area contributed by atoms with E-state index in [-0.39, 0.29) is 0 Å². The van der Waals surface area contributed by atoms with Crippen LogP contribution >= 0.6 is 0 Å². The number of hydrogen-bond acceptors (Lipinski definition) is 4. The molecule has 0 unspecified atom stereocenters. The summed E-state index contributed by atoms with van der Waals surface area (Å²) in [5, 5.41) is 9.42. The topological polar surface area (TPSA) is 62.5 Å². The molecule has 0 amide bonds. The Kier molecular flexibility index (Phi) is 5.98. The van der Waals surface area contributed by atoms with E-state index in [9.17, 15) is 5.26 Å². The van der Waals surface area contributed by atoms with Crippen molar-refractivity contribution in [2.24, 2.45) is 35.5 Å². The SMILES string of the molecule is N#Cc1ccc(-c2nc(-c3ccccc3)nc(-c3cc(C45CC6CC(CC(C6)C4)C5)cc(C45CC6CC(CC(C6)C4)C5)c3)n2)cc1. The number of benzene rings is 3. The molecule has 4 aromatic rings. The van der Waals surface area contributed by atoms with Crippen LogP contribution in [0.25, 0.3) is 34.2 Å². The van der Waals surface area contributed by atoms with Gasteiger partial charge in [0.1, 0.15) is 0 Å². The fourth-order valence-electron chi connectivity index (χ4n) is 12.3. The van der Waals surface area contributed by atoms with E-state index in [0.29, 0.717) is 28.0 Å². The first-order chi connectivity index (χ1) is 22.5. The van der Waals surface area contributed by atoms with Gasteiger partial charge in [-0.05, 0) is 171 Å². The lowest BCUT2D eigenvalue weighted by molar-refractivity contribution is -0.00832. The summed E-state index contributed by atoms with van der Waals surface area (Å²) < 4.78 is 0. The molecule has 12 rings (SSSR count). The molecule has 8 aliphatic rings. The highest BCUT2D eigenvalue weighted by Gasteiger charge is 2.54. The molecule has 8 bridgehead atoms. The minimum absolute atomic E-state index is 0.313. The molecule has 4 heteroatoms. The Balaban J connectivity index is 1.16. The largest absolute Gasteiger partial charge is 0.208 e. The summed E-state index contributed by atoms with van der Waals surface area (Å²) in [7, 11) is 0. The molecule has 1 heterocycles. The second kappa shape index (κ2) is 10.1. The van der Waals surface area contributed by atoms with Crippen molar-refractivity contribution in [2.45, 2.75) is 87.9 Å². The Labute approximate surface area is 272 Å². The van der Waals surface area contributed by atoms with Crippen LogP contribution in [-0.2, 0) is 10.8 Å². The molecule has 8 saturated carbocycles. The molecule has 3 aromatic carbocycles. The molecule has 1 aromatic heterocycles.